The van der Waals surface area contributed by atoms with Crippen molar-refractivity contribution in [1.82, 2.24) is 4.57 Å². The minimum absolute atomic E-state index is 0.0175. The Hall–Kier alpha value is -3.09. The molecule has 3 aromatic rings. The van der Waals surface area contributed by atoms with E-state index >= 15 is 0 Å². The average Bonchev–Trinajstić information content (AvgIpc) is 3.07. The first kappa shape index (κ1) is 22.6. The van der Waals surface area contributed by atoms with E-state index in [-0.39, 0.29) is 28.5 Å². The number of benzene rings is 2. The summed E-state index contributed by atoms with van der Waals surface area (Å²) in [6, 6.07) is 10.0. The number of ether oxygens (including phenoxy) is 2. The van der Waals surface area contributed by atoms with Crippen LogP contribution in [-0.2, 0) is 25.9 Å². The Balaban J connectivity index is 1.97. The Morgan fingerprint density at radius 3 is 2.52 bits per heavy atom. The maximum Gasteiger partial charge on any atom is 0.271 e. The van der Waals surface area contributed by atoms with Crippen molar-refractivity contribution in [2.75, 3.05) is 26.6 Å². The van der Waals surface area contributed by atoms with Gasteiger partial charge in [0, 0.05) is 25.8 Å². The normalized spacial score (nSPS) is 12.3. The lowest BCUT2D eigenvalue weighted by Crippen LogP contribution is -2.22. The number of sulfone groups is 1. The largest absolute Gasteiger partial charge is 0.497 e. The fourth-order valence-corrected chi connectivity index (χ4v) is 4.98. The zero-order chi connectivity index (χ0) is 22.6. The highest BCUT2D eigenvalue weighted by atomic mass is 32.2. The lowest BCUT2D eigenvalue weighted by Gasteiger charge is -2.05. The van der Waals surface area contributed by atoms with Gasteiger partial charge in [0.1, 0.15) is 11.5 Å². The molecule has 0 radical (unpaired) electrons. The first-order valence-electron chi connectivity index (χ1n) is 8.96. The molecule has 10 nitrogen and oxygen atoms in total. The number of nitro groups is 1. The Labute approximate surface area is 181 Å². The van der Waals surface area contributed by atoms with Crippen molar-refractivity contribution in [3.05, 3.63) is 57.4 Å². The van der Waals surface area contributed by atoms with E-state index in [4.69, 9.17) is 9.47 Å². The Morgan fingerprint density at radius 1 is 1.19 bits per heavy atom. The molecule has 0 saturated carbocycles. The van der Waals surface area contributed by atoms with Gasteiger partial charge < -0.3 is 14.0 Å². The highest BCUT2D eigenvalue weighted by Crippen LogP contribution is 2.23. The number of carbonyl (C=O) groups is 1. The predicted molar refractivity (Wildman–Crippen MR) is 114 cm³/mol. The molecule has 1 amide bonds. The van der Waals surface area contributed by atoms with Crippen LogP contribution in [0.15, 0.2) is 52.4 Å². The third kappa shape index (κ3) is 5.16. The monoisotopic (exact) mass is 465 g/mol. The van der Waals surface area contributed by atoms with E-state index in [1.807, 2.05) is 0 Å². The van der Waals surface area contributed by atoms with Crippen LogP contribution in [-0.4, -0.2) is 50.4 Å². The highest BCUT2D eigenvalue weighted by Gasteiger charge is 2.20. The summed E-state index contributed by atoms with van der Waals surface area (Å²) in [5.41, 5.74) is 0.414. The summed E-state index contributed by atoms with van der Waals surface area (Å²) in [7, 11) is -0.936. The van der Waals surface area contributed by atoms with Crippen molar-refractivity contribution in [2.45, 2.75) is 11.4 Å². The average molecular weight is 466 g/mol. The van der Waals surface area contributed by atoms with Gasteiger partial charge in [-0.25, -0.2) is 8.42 Å². The maximum atomic E-state index is 12.6. The van der Waals surface area contributed by atoms with Gasteiger partial charge in [0.15, 0.2) is 14.6 Å². The summed E-state index contributed by atoms with van der Waals surface area (Å²) < 4.78 is 37.5. The summed E-state index contributed by atoms with van der Waals surface area (Å²) >= 11 is 1.14. The van der Waals surface area contributed by atoms with Gasteiger partial charge in [0.2, 0.25) is 0 Å². The molecule has 0 saturated heterocycles. The Bertz CT molecular complexity index is 1290. The Morgan fingerprint density at radius 2 is 1.90 bits per heavy atom. The van der Waals surface area contributed by atoms with E-state index < -0.39 is 26.4 Å². The standard InChI is InChI=1S/C19H19N3O7S2/c1-28-10-9-21-16-11-13(22(24)25)3-8-17(16)30-19(21)20-18(23)12-31(26,27)15-6-4-14(29-2)5-7-15/h3-8,11H,9-10,12H2,1-2H3. The number of thiazole rings is 1. The molecule has 1 aromatic heterocycles. The predicted octanol–water partition coefficient (Wildman–Crippen LogP) is 2.17. The quantitative estimate of drug-likeness (QED) is 0.368. The maximum absolute atomic E-state index is 12.6. The second kappa shape index (κ2) is 9.37. The molecule has 0 N–H and O–H groups in total. The topological polar surface area (TPSA) is 130 Å². The van der Waals surface area contributed by atoms with Crippen LogP contribution in [0.25, 0.3) is 10.2 Å². The van der Waals surface area contributed by atoms with Gasteiger partial charge in [-0.15, -0.1) is 0 Å². The van der Waals surface area contributed by atoms with Crippen LogP contribution in [0.2, 0.25) is 0 Å². The molecule has 164 valence electrons. The molecule has 0 aliphatic heterocycles. The molecule has 12 heteroatoms. The number of hydrogen-bond acceptors (Lipinski definition) is 8. The lowest BCUT2D eigenvalue weighted by molar-refractivity contribution is -0.384. The number of methoxy groups -OCH3 is 2. The highest BCUT2D eigenvalue weighted by molar-refractivity contribution is 7.92. The fraction of sp³-hybridized carbons (Fsp3) is 0.263. The lowest BCUT2D eigenvalue weighted by atomic mass is 10.3. The molecule has 31 heavy (non-hydrogen) atoms. The van der Waals surface area contributed by atoms with Crippen LogP contribution in [0.1, 0.15) is 0 Å². The molecule has 0 unspecified atom stereocenters. The molecule has 3 rings (SSSR count). The third-order valence-electron chi connectivity index (χ3n) is 4.35. The van der Waals surface area contributed by atoms with Crippen LogP contribution >= 0.6 is 11.3 Å². The van der Waals surface area contributed by atoms with Gasteiger partial charge in [-0.2, -0.15) is 4.99 Å². The van der Waals surface area contributed by atoms with Crippen molar-refractivity contribution in [3.63, 3.8) is 0 Å². The second-order valence-corrected chi connectivity index (χ2v) is 9.38. The first-order chi connectivity index (χ1) is 14.7. The number of fused-ring (bicyclic) bond motifs is 1. The van der Waals surface area contributed by atoms with Crippen molar-refractivity contribution < 1.29 is 27.6 Å². The number of aromatic nitrogens is 1. The van der Waals surface area contributed by atoms with E-state index in [2.05, 4.69) is 4.99 Å². The van der Waals surface area contributed by atoms with Crippen molar-refractivity contribution in [2.24, 2.45) is 4.99 Å². The van der Waals surface area contributed by atoms with E-state index in [1.165, 1.54) is 50.6 Å². The molecule has 0 bridgehead atoms. The number of nitrogens with zero attached hydrogens (tertiary/aromatic N) is 3. The summed E-state index contributed by atoms with van der Waals surface area (Å²) in [5, 5.41) is 11.1. The number of rotatable bonds is 8. The van der Waals surface area contributed by atoms with Crippen LogP contribution in [0.4, 0.5) is 5.69 Å². The molecule has 0 aliphatic rings. The van der Waals surface area contributed by atoms with Crippen LogP contribution in [0.3, 0.4) is 0 Å². The summed E-state index contributed by atoms with van der Waals surface area (Å²) in [5.74, 6) is -1.16. The summed E-state index contributed by atoms with van der Waals surface area (Å²) in [6.45, 7) is 0.565. The molecule has 0 aliphatic carbocycles. The molecule has 1 heterocycles. The van der Waals surface area contributed by atoms with E-state index in [1.54, 1.807) is 10.6 Å². The van der Waals surface area contributed by atoms with Gasteiger partial charge in [0.25, 0.3) is 11.6 Å². The minimum atomic E-state index is -3.90. The van der Waals surface area contributed by atoms with Gasteiger partial charge in [-0.3, -0.25) is 14.9 Å². The number of hydrogen-bond donors (Lipinski definition) is 0. The number of amides is 1. The zero-order valence-electron chi connectivity index (χ0n) is 16.7. The second-order valence-electron chi connectivity index (χ2n) is 6.38. The minimum Gasteiger partial charge on any atom is -0.497 e. The Kier molecular flexibility index (Phi) is 6.83. The van der Waals surface area contributed by atoms with Crippen molar-refractivity contribution in [1.29, 1.82) is 0 Å². The number of carbonyl (C=O) groups excluding carboxylic acids is 1. The summed E-state index contributed by atoms with van der Waals surface area (Å²) in [4.78, 5) is 27.3. The van der Waals surface area contributed by atoms with Gasteiger partial charge >= 0.3 is 0 Å². The zero-order valence-corrected chi connectivity index (χ0v) is 18.3. The molecule has 0 spiro atoms. The van der Waals surface area contributed by atoms with Crippen molar-refractivity contribution in [3.8, 4) is 5.75 Å². The number of nitro benzene ring substituents is 1. The third-order valence-corrected chi connectivity index (χ3v) is 7.02. The summed E-state index contributed by atoms with van der Waals surface area (Å²) in [6.07, 6.45) is 0. The smallest absolute Gasteiger partial charge is 0.271 e. The van der Waals surface area contributed by atoms with Gasteiger partial charge in [-0.05, 0) is 30.3 Å². The SMILES string of the molecule is COCCn1c(=NC(=O)CS(=O)(=O)c2ccc(OC)cc2)sc2ccc([N+](=O)[O-])cc21. The van der Waals surface area contributed by atoms with E-state index in [9.17, 15) is 23.3 Å². The van der Waals surface area contributed by atoms with Crippen LogP contribution in [0.5, 0.6) is 5.75 Å². The van der Waals surface area contributed by atoms with Crippen LogP contribution in [0, 0.1) is 10.1 Å². The number of non-ortho nitro benzene ring substituents is 1. The molecule has 2 aromatic carbocycles. The molecular weight excluding hydrogens is 446 g/mol. The molecule has 0 atom stereocenters. The van der Waals surface area contributed by atoms with E-state index in [0.29, 0.717) is 16.0 Å². The van der Waals surface area contributed by atoms with Crippen LogP contribution < -0.4 is 9.54 Å². The van der Waals surface area contributed by atoms with Gasteiger partial charge in [-0.1, -0.05) is 11.3 Å². The van der Waals surface area contributed by atoms with Crippen molar-refractivity contribution >= 4 is 43.0 Å². The fourth-order valence-electron chi connectivity index (χ4n) is 2.82. The molecule has 0 fully saturated rings. The molecular formula is C19H19N3O7S2. The van der Waals surface area contributed by atoms with E-state index in [0.717, 1.165) is 11.3 Å². The van der Waals surface area contributed by atoms with Gasteiger partial charge in [0.05, 0.1) is 33.8 Å². The first-order valence-corrected chi connectivity index (χ1v) is 11.4.